The lowest BCUT2D eigenvalue weighted by Gasteiger charge is -2.11. The molecule has 1 fully saturated rings. The van der Waals surface area contributed by atoms with Crippen molar-refractivity contribution in [3.63, 3.8) is 0 Å². The average Bonchev–Trinajstić information content (AvgIpc) is 3.01. The number of ether oxygens (including phenoxy) is 2. The Balaban J connectivity index is 1.40. The van der Waals surface area contributed by atoms with Gasteiger partial charge in [0.05, 0.1) is 18.1 Å². The predicted molar refractivity (Wildman–Crippen MR) is 128 cm³/mol. The molecule has 0 radical (unpaired) electrons. The predicted octanol–water partition coefficient (Wildman–Crippen LogP) is 5.88. The van der Waals surface area contributed by atoms with E-state index in [4.69, 9.17) is 21.7 Å². The monoisotopic (exact) mass is 441 g/mol. The molecule has 0 aliphatic carbocycles. The molecule has 1 atom stereocenters. The van der Waals surface area contributed by atoms with Gasteiger partial charge in [-0.3, -0.25) is 9.69 Å². The molecule has 0 bridgehead atoms. The van der Waals surface area contributed by atoms with E-state index in [-0.39, 0.29) is 5.91 Å². The highest BCUT2D eigenvalue weighted by Crippen LogP contribution is 2.31. The van der Waals surface area contributed by atoms with Crippen LogP contribution in [0.1, 0.15) is 43.7 Å². The Kier molecular flexibility index (Phi) is 7.94. The van der Waals surface area contributed by atoms with E-state index < -0.39 is 0 Å². The van der Waals surface area contributed by atoms with Crippen LogP contribution in [0.3, 0.4) is 0 Å². The van der Waals surface area contributed by atoms with Gasteiger partial charge in [-0.2, -0.15) is 0 Å². The van der Waals surface area contributed by atoms with Crippen molar-refractivity contribution < 1.29 is 14.3 Å². The second-order valence-electron chi connectivity index (χ2n) is 7.24. The van der Waals surface area contributed by atoms with Crippen molar-refractivity contribution in [1.82, 2.24) is 4.90 Å². The van der Waals surface area contributed by atoms with Crippen molar-refractivity contribution in [1.29, 1.82) is 0 Å². The number of amides is 1. The molecule has 30 heavy (non-hydrogen) atoms. The minimum Gasteiger partial charge on any atom is -0.493 e. The highest BCUT2D eigenvalue weighted by atomic mass is 32.2. The number of hydrogen-bond donors (Lipinski definition) is 0. The zero-order valence-electron chi connectivity index (χ0n) is 17.6. The molecule has 1 saturated heterocycles. The minimum absolute atomic E-state index is 0.0557. The van der Waals surface area contributed by atoms with Gasteiger partial charge in [-0.25, -0.2) is 0 Å². The zero-order valence-corrected chi connectivity index (χ0v) is 19.2. The van der Waals surface area contributed by atoms with E-state index in [9.17, 15) is 4.79 Å². The van der Waals surface area contributed by atoms with Crippen molar-refractivity contribution >= 4 is 40.3 Å². The summed E-state index contributed by atoms with van der Waals surface area (Å²) >= 11 is 6.48. The van der Waals surface area contributed by atoms with Gasteiger partial charge in [-0.1, -0.05) is 62.1 Å². The number of benzene rings is 2. The normalized spacial score (nSPS) is 16.2. The quantitative estimate of drug-likeness (QED) is 0.276. The third-order valence-corrected chi connectivity index (χ3v) is 6.54. The maximum atomic E-state index is 12.1. The Morgan fingerprint density at radius 1 is 1.03 bits per heavy atom. The van der Waals surface area contributed by atoms with Crippen LogP contribution < -0.4 is 9.47 Å². The number of carbonyl (C=O) groups is 1. The molecule has 0 spiro atoms. The van der Waals surface area contributed by atoms with E-state index in [1.165, 1.54) is 22.2 Å². The van der Waals surface area contributed by atoms with Crippen molar-refractivity contribution in [2.45, 2.75) is 32.6 Å². The SMILES string of the molecule is CCC(C)c1ccc(OCCCOc2ccc(/C=C3\SC(=S)N(C)C3=O)cc2)cc1. The van der Waals surface area contributed by atoms with Crippen LogP contribution in [0, 0.1) is 0 Å². The number of thiocarbonyl (C=S) groups is 1. The van der Waals surface area contributed by atoms with Crippen LogP contribution in [-0.2, 0) is 4.79 Å². The molecule has 4 nitrogen and oxygen atoms in total. The van der Waals surface area contributed by atoms with Gasteiger partial charge in [0.15, 0.2) is 0 Å². The maximum absolute atomic E-state index is 12.1. The van der Waals surface area contributed by atoms with E-state index in [2.05, 4.69) is 26.0 Å². The van der Waals surface area contributed by atoms with Crippen molar-refractivity contribution in [3.05, 3.63) is 64.6 Å². The summed E-state index contributed by atoms with van der Waals surface area (Å²) in [6.07, 6.45) is 3.79. The molecule has 3 rings (SSSR count). The van der Waals surface area contributed by atoms with Gasteiger partial charge in [-0.05, 0) is 53.8 Å². The zero-order chi connectivity index (χ0) is 21.5. The average molecular weight is 442 g/mol. The summed E-state index contributed by atoms with van der Waals surface area (Å²) in [7, 11) is 1.70. The van der Waals surface area contributed by atoms with Gasteiger partial charge >= 0.3 is 0 Å². The summed E-state index contributed by atoms with van der Waals surface area (Å²) in [4.78, 5) is 14.2. The number of thioether (sulfide) groups is 1. The Labute approximate surface area is 188 Å². The number of carbonyl (C=O) groups excluding carboxylic acids is 1. The largest absolute Gasteiger partial charge is 0.493 e. The molecule has 1 aliphatic heterocycles. The summed E-state index contributed by atoms with van der Waals surface area (Å²) < 4.78 is 12.2. The smallest absolute Gasteiger partial charge is 0.265 e. The topological polar surface area (TPSA) is 38.8 Å². The molecule has 0 N–H and O–H groups in total. The first-order valence-electron chi connectivity index (χ1n) is 10.1. The van der Waals surface area contributed by atoms with E-state index in [0.29, 0.717) is 28.4 Å². The molecule has 6 heteroatoms. The van der Waals surface area contributed by atoms with E-state index >= 15 is 0 Å². The van der Waals surface area contributed by atoms with Gasteiger partial charge in [-0.15, -0.1) is 0 Å². The lowest BCUT2D eigenvalue weighted by Crippen LogP contribution is -2.22. The molecule has 158 valence electrons. The maximum Gasteiger partial charge on any atom is 0.265 e. The Morgan fingerprint density at radius 3 is 2.10 bits per heavy atom. The summed E-state index contributed by atoms with van der Waals surface area (Å²) in [6.45, 7) is 5.63. The summed E-state index contributed by atoms with van der Waals surface area (Å²) in [5.74, 6) is 2.21. The molecule has 1 amide bonds. The number of likely N-dealkylation sites (N-methyl/N-ethyl adjacent to an activating group) is 1. The van der Waals surface area contributed by atoms with E-state index in [1.807, 2.05) is 42.5 Å². The molecule has 2 aromatic carbocycles. The Hall–Kier alpha value is -2.31. The van der Waals surface area contributed by atoms with E-state index in [1.54, 1.807) is 7.05 Å². The van der Waals surface area contributed by atoms with Crippen LogP contribution in [0.15, 0.2) is 53.4 Å². The number of rotatable bonds is 9. The van der Waals surface area contributed by atoms with Gasteiger partial charge in [0.25, 0.3) is 5.91 Å². The van der Waals surface area contributed by atoms with Gasteiger partial charge in [0.1, 0.15) is 15.8 Å². The Bertz CT molecular complexity index is 907. The highest BCUT2D eigenvalue weighted by Gasteiger charge is 2.28. The van der Waals surface area contributed by atoms with Gasteiger partial charge in [0.2, 0.25) is 0 Å². The minimum atomic E-state index is -0.0557. The lowest BCUT2D eigenvalue weighted by atomic mass is 9.99. The number of nitrogens with zero attached hydrogens (tertiary/aromatic N) is 1. The fraction of sp³-hybridized carbons (Fsp3) is 0.333. The fourth-order valence-electron chi connectivity index (χ4n) is 2.92. The fourth-order valence-corrected chi connectivity index (χ4v) is 4.10. The number of hydrogen-bond acceptors (Lipinski definition) is 5. The molecule has 0 aromatic heterocycles. The van der Waals surface area contributed by atoms with Gasteiger partial charge in [0, 0.05) is 13.5 Å². The molecular weight excluding hydrogens is 414 g/mol. The second-order valence-corrected chi connectivity index (χ2v) is 8.91. The van der Waals surface area contributed by atoms with Gasteiger partial charge < -0.3 is 9.47 Å². The van der Waals surface area contributed by atoms with Crippen LogP contribution in [0.25, 0.3) is 6.08 Å². The second kappa shape index (κ2) is 10.6. The van der Waals surface area contributed by atoms with Crippen LogP contribution in [0.5, 0.6) is 11.5 Å². The molecule has 1 unspecified atom stereocenters. The van der Waals surface area contributed by atoms with E-state index in [0.717, 1.165) is 29.9 Å². The van der Waals surface area contributed by atoms with Crippen molar-refractivity contribution in [2.24, 2.45) is 0 Å². The van der Waals surface area contributed by atoms with Crippen LogP contribution in [0.2, 0.25) is 0 Å². The van der Waals surface area contributed by atoms with Crippen LogP contribution in [-0.4, -0.2) is 35.4 Å². The summed E-state index contributed by atoms with van der Waals surface area (Å²) in [6, 6.07) is 16.0. The van der Waals surface area contributed by atoms with Crippen molar-refractivity contribution in [2.75, 3.05) is 20.3 Å². The third kappa shape index (κ3) is 5.86. The first kappa shape index (κ1) is 22.4. The first-order valence-corrected chi connectivity index (χ1v) is 11.4. The third-order valence-electron chi connectivity index (χ3n) is 5.05. The van der Waals surface area contributed by atoms with Crippen molar-refractivity contribution in [3.8, 4) is 11.5 Å². The Morgan fingerprint density at radius 2 is 1.60 bits per heavy atom. The standard InChI is InChI=1S/C24H27NO3S2/c1-4-17(2)19-8-12-21(13-9-19)28-15-5-14-27-20-10-6-18(7-11-20)16-22-23(26)25(3)24(29)30-22/h6-13,16-17H,4-5,14-15H2,1-3H3/b22-16-. The van der Waals surface area contributed by atoms with Crippen LogP contribution >= 0.6 is 24.0 Å². The molecule has 1 aliphatic rings. The highest BCUT2D eigenvalue weighted by molar-refractivity contribution is 8.26. The molecular formula is C24H27NO3S2. The molecule has 2 aromatic rings. The summed E-state index contributed by atoms with van der Waals surface area (Å²) in [5.41, 5.74) is 2.29. The molecule has 1 heterocycles. The molecule has 0 saturated carbocycles. The first-order chi connectivity index (χ1) is 14.5. The van der Waals surface area contributed by atoms with Crippen LogP contribution in [0.4, 0.5) is 0 Å². The lowest BCUT2D eigenvalue weighted by molar-refractivity contribution is -0.121. The summed E-state index contributed by atoms with van der Waals surface area (Å²) in [5, 5.41) is 0.